The van der Waals surface area contributed by atoms with Crippen LogP contribution in [0.1, 0.15) is 40.5 Å². The number of ketones is 1. The third-order valence-electron chi connectivity index (χ3n) is 3.73. The fourth-order valence-electron chi connectivity index (χ4n) is 2.70. The Balaban J connectivity index is 2.23. The number of para-hydroxylation sites is 1. The third kappa shape index (κ3) is 5.17. The van der Waals surface area contributed by atoms with Gasteiger partial charge in [-0.1, -0.05) is 37.6 Å². The van der Waals surface area contributed by atoms with Gasteiger partial charge in [-0.2, -0.15) is 0 Å². The van der Waals surface area contributed by atoms with Gasteiger partial charge >= 0.3 is 0 Å². The predicted octanol–water partition coefficient (Wildman–Crippen LogP) is 4.45. The molecule has 0 saturated heterocycles. The van der Waals surface area contributed by atoms with Crippen LogP contribution in [0.25, 0.3) is 0 Å². The number of benzene rings is 1. The van der Waals surface area contributed by atoms with E-state index in [-0.39, 0.29) is 11.2 Å². The molecule has 0 radical (unpaired) electrons. The van der Waals surface area contributed by atoms with Crippen LogP contribution in [0.15, 0.2) is 52.6 Å². The minimum absolute atomic E-state index is 0.0374. The Kier molecular flexibility index (Phi) is 5.58. The average molecular weight is 331 g/mol. The van der Waals surface area contributed by atoms with E-state index in [4.69, 9.17) is 0 Å². The number of hydrogen-bond donors (Lipinski definition) is 1. The van der Waals surface area contributed by atoms with Gasteiger partial charge in [0.2, 0.25) is 0 Å². The molecule has 1 aliphatic rings. The molecular weight excluding hydrogens is 306 g/mol. The monoisotopic (exact) mass is 331 g/mol. The molecule has 0 spiro atoms. The second-order valence-corrected chi connectivity index (χ2v) is 8.53. The molecule has 1 N–H and O–H groups in total. The third-order valence-corrected chi connectivity index (χ3v) is 5.04. The van der Waals surface area contributed by atoms with E-state index in [1.165, 1.54) is 0 Å². The van der Waals surface area contributed by atoms with E-state index in [0.29, 0.717) is 12.2 Å². The Morgan fingerprint density at radius 3 is 2.61 bits per heavy atom. The lowest BCUT2D eigenvalue weighted by molar-refractivity contribution is -0.117. The SMILES string of the molecule is CC(C)=CC[S@](=O)c1ccccc1NC1=CC(=O)CC(C)(C)C1. The number of anilines is 1. The highest BCUT2D eigenvalue weighted by atomic mass is 32.2. The van der Waals surface area contributed by atoms with Crippen LogP contribution in [0, 0.1) is 5.41 Å². The zero-order valence-electron chi connectivity index (χ0n) is 14.3. The van der Waals surface area contributed by atoms with Crippen molar-refractivity contribution >= 4 is 22.3 Å². The second-order valence-electron chi connectivity index (χ2n) is 7.07. The molecule has 0 amide bonds. The van der Waals surface area contributed by atoms with Crippen LogP contribution in [-0.2, 0) is 15.6 Å². The summed E-state index contributed by atoms with van der Waals surface area (Å²) >= 11 is 0. The van der Waals surface area contributed by atoms with Gasteiger partial charge < -0.3 is 5.32 Å². The zero-order valence-corrected chi connectivity index (χ0v) is 15.1. The molecule has 1 atom stereocenters. The Bertz CT molecular complexity index is 682. The molecule has 0 aliphatic heterocycles. The van der Waals surface area contributed by atoms with Crippen molar-refractivity contribution in [1.29, 1.82) is 0 Å². The fourth-order valence-corrected chi connectivity index (χ4v) is 3.96. The van der Waals surface area contributed by atoms with Crippen molar-refractivity contribution in [2.24, 2.45) is 5.41 Å². The molecule has 23 heavy (non-hydrogen) atoms. The quantitative estimate of drug-likeness (QED) is 0.811. The van der Waals surface area contributed by atoms with Crippen molar-refractivity contribution in [3.8, 4) is 0 Å². The van der Waals surface area contributed by atoms with Crippen molar-refractivity contribution in [2.45, 2.75) is 45.4 Å². The first-order valence-electron chi connectivity index (χ1n) is 7.88. The van der Waals surface area contributed by atoms with Crippen LogP contribution in [-0.4, -0.2) is 15.7 Å². The maximum atomic E-state index is 12.5. The van der Waals surface area contributed by atoms with Gasteiger partial charge in [0.15, 0.2) is 5.78 Å². The van der Waals surface area contributed by atoms with Crippen LogP contribution >= 0.6 is 0 Å². The van der Waals surface area contributed by atoms with Gasteiger partial charge in [0, 0.05) is 23.9 Å². The summed E-state index contributed by atoms with van der Waals surface area (Å²) in [5.41, 5.74) is 2.85. The summed E-state index contributed by atoms with van der Waals surface area (Å²) in [6.45, 7) is 8.20. The molecular formula is C19H25NO2S. The zero-order chi connectivity index (χ0) is 17.0. The number of carbonyl (C=O) groups is 1. The van der Waals surface area contributed by atoms with Crippen molar-refractivity contribution in [3.05, 3.63) is 47.7 Å². The van der Waals surface area contributed by atoms with Gasteiger partial charge in [-0.05, 0) is 37.8 Å². The molecule has 0 heterocycles. The standard InChI is InChI=1S/C19H25NO2S/c1-14(2)9-10-23(22)18-8-6-5-7-17(18)20-15-11-16(21)13-19(3,4)12-15/h5-9,11,20H,10,12-13H2,1-4H3/t23-/m0/s1. The molecule has 124 valence electrons. The van der Waals surface area contributed by atoms with Crippen LogP contribution in [0.4, 0.5) is 5.69 Å². The van der Waals surface area contributed by atoms with Gasteiger partial charge in [-0.15, -0.1) is 0 Å². The van der Waals surface area contributed by atoms with E-state index in [1.807, 2.05) is 44.2 Å². The summed E-state index contributed by atoms with van der Waals surface area (Å²) in [7, 11) is -1.10. The van der Waals surface area contributed by atoms with Crippen LogP contribution in [0.3, 0.4) is 0 Å². The van der Waals surface area contributed by atoms with E-state index in [2.05, 4.69) is 19.2 Å². The minimum atomic E-state index is -1.10. The lowest BCUT2D eigenvalue weighted by Crippen LogP contribution is -2.24. The molecule has 3 nitrogen and oxygen atoms in total. The number of carbonyl (C=O) groups excluding carboxylic acids is 1. The summed E-state index contributed by atoms with van der Waals surface area (Å²) < 4.78 is 12.5. The Morgan fingerprint density at radius 2 is 1.96 bits per heavy atom. The van der Waals surface area contributed by atoms with Crippen LogP contribution in [0.5, 0.6) is 0 Å². The first kappa shape index (κ1) is 17.7. The minimum Gasteiger partial charge on any atom is -0.358 e. The fraction of sp³-hybridized carbons (Fsp3) is 0.421. The van der Waals surface area contributed by atoms with E-state index < -0.39 is 10.8 Å². The summed E-state index contributed by atoms with van der Waals surface area (Å²) in [6, 6.07) is 7.61. The van der Waals surface area contributed by atoms with Gasteiger partial charge in [-0.25, -0.2) is 0 Å². The first-order valence-corrected chi connectivity index (χ1v) is 9.20. The Morgan fingerprint density at radius 1 is 1.26 bits per heavy atom. The highest BCUT2D eigenvalue weighted by molar-refractivity contribution is 7.85. The van der Waals surface area contributed by atoms with Crippen molar-refractivity contribution in [1.82, 2.24) is 0 Å². The van der Waals surface area contributed by atoms with Gasteiger partial charge in [0.05, 0.1) is 21.4 Å². The highest BCUT2D eigenvalue weighted by Crippen LogP contribution is 2.34. The normalized spacial score (nSPS) is 18.1. The molecule has 2 rings (SSSR count). The molecule has 1 aromatic carbocycles. The average Bonchev–Trinajstić information content (AvgIpc) is 2.43. The predicted molar refractivity (Wildman–Crippen MR) is 96.9 cm³/mol. The topological polar surface area (TPSA) is 46.2 Å². The summed E-state index contributed by atoms with van der Waals surface area (Å²) in [4.78, 5) is 12.7. The molecule has 0 bridgehead atoms. The second kappa shape index (κ2) is 7.26. The maximum Gasteiger partial charge on any atom is 0.157 e. The molecule has 0 unspecified atom stereocenters. The molecule has 1 aliphatic carbocycles. The lowest BCUT2D eigenvalue weighted by atomic mass is 9.79. The van der Waals surface area contributed by atoms with Crippen molar-refractivity contribution in [3.63, 3.8) is 0 Å². The molecule has 4 heteroatoms. The van der Waals surface area contributed by atoms with Crippen LogP contribution < -0.4 is 5.32 Å². The maximum absolute atomic E-state index is 12.5. The van der Waals surface area contributed by atoms with Crippen molar-refractivity contribution in [2.75, 3.05) is 11.1 Å². The van der Waals surface area contributed by atoms with E-state index >= 15 is 0 Å². The van der Waals surface area contributed by atoms with Gasteiger partial charge in [-0.3, -0.25) is 9.00 Å². The largest absolute Gasteiger partial charge is 0.358 e. The molecule has 0 fully saturated rings. The Labute approximate surface area is 141 Å². The van der Waals surface area contributed by atoms with Gasteiger partial charge in [0.1, 0.15) is 0 Å². The van der Waals surface area contributed by atoms with Gasteiger partial charge in [0.25, 0.3) is 0 Å². The molecule has 0 saturated carbocycles. The first-order chi connectivity index (χ1) is 10.8. The summed E-state index contributed by atoms with van der Waals surface area (Å²) in [6.07, 6.45) is 5.06. The number of nitrogens with one attached hydrogen (secondary N) is 1. The molecule has 0 aromatic heterocycles. The lowest BCUT2D eigenvalue weighted by Gasteiger charge is -2.29. The van der Waals surface area contributed by atoms with E-state index in [1.54, 1.807) is 6.08 Å². The van der Waals surface area contributed by atoms with E-state index in [9.17, 15) is 9.00 Å². The van der Waals surface area contributed by atoms with E-state index in [0.717, 1.165) is 28.3 Å². The number of hydrogen-bond acceptors (Lipinski definition) is 3. The van der Waals surface area contributed by atoms with Crippen LogP contribution in [0.2, 0.25) is 0 Å². The molecule has 1 aromatic rings. The Hall–Kier alpha value is -1.68. The summed E-state index contributed by atoms with van der Waals surface area (Å²) in [5.74, 6) is 0.650. The summed E-state index contributed by atoms with van der Waals surface area (Å²) in [5, 5.41) is 3.33. The number of rotatable bonds is 5. The van der Waals surface area contributed by atoms with Crippen molar-refractivity contribution < 1.29 is 9.00 Å². The smallest absolute Gasteiger partial charge is 0.157 e. The number of allylic oxidation sites excluding steroid dienone is 3. The highest BCUT2D eigenvalue weighted by Gasteiger charge is 2.27.